The molecule has 0 radical (unpaired) electrons. The van der Waals surface area contributed by atoms with E-state index in [4.69, 9.17) is 9.47 Å². The molecule has 1 aliphatic rings. The number of carbonyl (C=O) groups excluding carboxylic acids is 1. The van der Waals surface area contributed by atoms with E-state index < -0.39 is 0 Å². The smallest absolute Gasteiger partial charge is 0.271 e. The largest absolute Gasteiger partial charge is 0.454 e. The SMILES string of the molecule is CCCCn1nc(C(=O)NCC(C)(C)c2ccc3c(c2)OCO3)ccc1=O. The van der Waals surface area contributed by atoms with Crippen LogP contribution in [-0.4, -0.2) is 29.0 Å². The van der Waals surface area contributed by atoms with Gasteiger partial charge in [-0.25, -0.2) is 4.68 Å². The van der Waals surface area contributed by atoms with Crippen LogP contribution in [0.5, 0.6) is 11.5 Å². The molecule has 1 aromatic carbocycles. The summed E-state index contributed by atoms with van der Waals surface area (Å²) in [6.07, 6.45) is 1.80. The van der Waals surface area contributed by atoms with Gasteiger partial charge in [-0.1, -0.05) is 33.3 Å². The molecule has 1 aromatic heterocycles. The summed E-state index contributed by atoms with van der Waals surface area (Å²) in [5, 5.41) is 7.11. The first-order valence-electron chi connectivity index (χ1n) is 9.17. The van der Waals surface area contributed by atoms with Crippen molar-refractivity contribution in [3.63, 3.8) is 0 Å². The van der Waals surface area contributed by atoms with E-state index in [-0.39, 0.29) is 29.4 Å². The zero-order valence-electron chi connectivity index (χ0n) is 15.9. The molecule has 0 unspecified atom stereocenters. The summed E-state index contributed by atoms with van der Waals surface area (Å²) in [5.74, 6) is 1.16. The van der Waals surface area contributed by atoms with Gasteiger partial charge in [-0.15, -0.1) is 0 Å². The molecule has 1 amide bonds. The van der Waals surface area contributed by atoms with Crippen LogP contribution in [0, 0.1) is 0 Å². The van der Waals surface area contributed by atoms with Gasteiger partial charge in [0.15, 0.2) is 11.5 Å². The summed E-state index contributed by atoms with van der Waals surface area (Å²) in [4.78, 5) is 24.4. The minimum atomic E-state index is -0.312. The van der Waals surface area contributed by atoms with Crippen LogP contribution < -0.4 is 20.3 Å². The Morgan fingerprint density at radius 1 is 1.22 bits per heavy atom. The second-order valence-corrected chi connectivity index (χ2v) is 7.27. The average molecular weight is 371 g/mol. The van der Waals surface area contributed by atoms with Crippen LogP contribution in [-0.2, 0) is 12.0 Å². The monoisotopic (exact) mass is 371 g/mol. The number of aromatic nitrogens is 2. The highest BCUT2D eigenvalue weighted by molar-refractivity contribution is 5.92. The number of hydrogen-bond acceptors (Lipinski definition) is 5. The molecule has 0 atom stereocenters. The fourth-order valence-corrected chi connectivity index (χ4v) is 2.85. The Hall–Kier alpha value is -2.83. The number of carbonyl (C=O) groups is 1. The number of rotatable bonds is 7. The molecular formula is C20H25N3O4. The van der Waals surface area contributed by atoms with Gasteiger partial charge in [0.1, 0.15) is 5.69 Å². The summed E-state index contributed by atoms with van der Waals surface area (Å²) in [5.41, 5.74) is 0.772. The molecule has 1 N–H and O–H groups in total. The second kappa shape index (κ2) is 7.82. The molecule has 3 rings (SSSR count). The van der Waals surface area contributed by atoms with Crippen LogP contribution in [0.3, 0.4) is 0 Å². The Morgan fingerprint density at radius 2 is 2.00 bits per heavy atom. The van der Waals surface area contributed by atoms with Crippen LogP contribution in [0.25, 0.3) is 0 Å². The van der Waals surface area contributed by atoms with Crippen molar-refractivity contribution in [1.29, 1.82) is 0 Å². The minimum absolute atomic E-state index is 0.194. The van der Waals surface area contributed by atoms with Crippen LogP contribution in [0.4, 0.5) is 0 Å². The number of fused-ring (bicyclic) bond motifs is 1. The quantitative estimate of drug-likeness (QED) is 0.808. The van der Waals surface area contributed by atoms with Gasteiger partial charge in [-0.3, -0.25) is 9.59 Å². The third kappa shape index (κ3) is 4.30. The van der Waals surface area contributed by atoms with Crippen molar-refractivity contribution in [3.05, 3.63) is 51.9 Å². The highest BCUT2D eigenvalue weighted by atomic mass is 16.7. The molecule has 2 aromatic rings. The van der Waals surface area contributed by atoms with Gasteiger partial charge in [0.25, 0.3) is 11.5 Å². The van der Waals surface area contributed by atoms with Crippen LogP contribution >= 0.6 is 0 Å². The van der Waals surface area contributed by atoms with Gasteiger partial charge in [0, 0.05) is 24.6 Å². The number of aryl methyl sites for hydroxylation is 1. The van der Waals surface area contributed by atoms with E-state index in [0.717, 1.165) is 29.9 Å². The Bertz CT molecular complexity index is 889. The van der Waals surface area contributed by atoms with Crippen molar-refractivity contribution in [3.8, 4) is 11.5 Å². The van der Waals surface area contributed by atoms with Gasteiger partial charge in [0.05, 0.1) is 0 Å². The third-order valence-electron chi connectivity index (χ3n) is 4.67. The van der Waals surface area contributed by atoms with Gasteiger partial charge >= 0.3 is 0 Å². The molecule has 1 aliphatic heterocycles. The first-order chi connectivity index (χ1) is 12.9. The summed E-state index contributed by atoms with van der Waals surface area (Å²) in [6.45, 7) is 7.29. The van der Waals surface area contributed by atoms with Crippen LogP contribution in [0.1, 0.15) is 49.7 Å². The Balaban J connectivity index is 1.68. The maximum Gasteiger partial charge on any atom is 0.271 e. The van der Waals surface area contributed by atoms with Crippen molar-refractivity contribution in [1.82, 2.24) is 15.1 Å². The molecule has 0 saturated carbocycles. The maximum atomic E-state index is 12.5. The number of amides is 1. The number of nitrogens with one attached hydrogen (secondary N) is 1. The molecule has 27 heavy (non-hydrogen) atoms. The molecular weight excluding hydrogens is 346 g/mol. The van der Waals surface area contributed by atoms with Crippen LogP contribution in [0.15, 0.2) is 35.1 Å². The molecule has 2 heterocycles. The lowest BCUT2D eigenvalue weighted by Crippen LogP contribution is -2.38. The predicted octanol–water partition coefficient (Wildman–Crippen LogP) is 2.48. The van der Waals surface area contributed by atoms with Crippen molar-refractivity contribution in [2.24, 2.45) is 0 Å². The molecule has 144 valence electrons. The molecule has 7 heteroatoms. The Kier molecular flexibility index (Phi) is 5.48. The average Bonchev–Trinajstić information content (AvgIpc) is 3.13. The summed E-state index contributed by atoms with van der Waals surface area (Å²) in [6, 6.07) is 8.65. The van der Waals surface area contributed by atoms with Crippen molar-refractivity contribution in [2.45, 2.75) is 45.6 Å². The normalized spacial score (nSPS) is 12.9. The van der Waals surface area contributed by atoms with Gasteiger partial charge in [0.2, 0.25) is 6.79 Å². The Morgan fingerprint density at radius 3 is 2.78 bits per heavy atom. The number of nitrogens with zero attached hydrogens (tertiary/aromatic N) is 2. The molecule has 0 saturated heterocycles. The lowest BCUT2D eigenvalue weighted by Gasteiger charge is -2.25. The van der Waals surface area contributed by atoms with Crippen molar-refractivity contribution in [2.75, 3.05) is 13.3 Å². The summed E-state index contributed by atoms with van der Waals surface area (Å²) >= 11 is 0. The number of ether oxygens (including phenoxy) is 2. The van der Waals surface area contributed by atoms with E-state index in [2.05, 4.69) is 10.4 Å². The van der Waals surface area contributed by atoms with Crippen molar-refractivity contribution >= 4 is 5.91 Å². The fourth-order valence-electron chi connectivity index (χ4n) is 2.85. The van der Waals surface area contributed by atoms with E-state index in [1.54, 1.807) is 0 Å². The standard InChI is InChI=1S/C20H25N3O4/c1-4-5-10-23-18(24)9-7-15(22-23)19(25)21-12-20(2,3)14-6-8-16-17(11-14)27-13-26-16/h6-9,11H,4-5,10,12-13H2,1-3H3,(H,21,25). The maximum absolute atomic E-state index is 12.5. The molecule has 0 aliphatic carbocycles. The first kappa shape index (κ1) is 18.9. The second-order valence-electron chi connectivity index (χ2n) is 7.27. The lowest BCUT2D eigenvalue weighted by atomic mass is 9.84. The van der Waals surface area contributed by atoms with E-state index in [1.165, 1.54) is 16.8 Å². The van der Waals surface area contributed by atoms with Gasteiger partial charge < -0.3 is 14.8 Å². The topological polar surface area (TPSA) is 82.5 Å². The molecule has 0 bridgehead atoms. The third-order valence-corrected chi connectivity index (χ3v) is 4.67. The number of unbranched alkanes of at least 4 members (excludes halogenated alkanes) is 1. The predicted molar refractivity (Wildman–Crippen MR) is 101 cm³/mol. The van der Waals surface area contributed by atoms with Gasteiger partial charge in [-0.2, -0.15) is 5.10 Å². The molecule has 0 spiro atoms. The van der Waals surface area contributed by atoms with E-state index in [1.807, 2.05) is 39.0 Å². The molecule has 0 fully saturated rings. The highest BCUT2D eigenvalue weighted by Gasteiger charge is 2.25. The minimum Gasteiger partial charge on any atom is -0.454 e. The van der Waals surface area contributed by atoms with Gasteiger partial charge in [-0.05, 0) is 30.2 Å². The lowest BCUT2D eigenvalue weighted by molar-refractivity contribution is 0.0938. The number of benzene rings is 1. The first-order valence-corrected chi connectivity index (χ1v) is 9.17. The van der Waals surface area contributed by atoms with Crippen molar-refractivity contribution < 1.29 is 14.3 Å². The number of hydrogen-bond donors (Lipinski definition) is 1. The van der Waals surface area contributed by atoms with Crippen LogP contribution in [0.2, 0.25) is 0 Å². The molecule has 7 nitrogen and oxygen atoms in total. The summed E-state index contributed by atoms with van der Waals surface area (Å²) in [7, 11) is 0. The fraction of sp³-hybridized carbons (Fsp3) is 0.450. The highest BCUT2D eigenvalue weighted by Crippen LogP contribution is 2.36. The van der Waals surface area contributed by atoms with E-state index >= 15 is 0 Å². The zero-order chi connectivity index (χ0) is 19.4. The van der Waals surface area contributed by atoms with E-state index in [0.29, 0.717) is 13.1 Å². The summed E-state index contributed by atoms with van der Waals surface area (Å²) < 4.78 is 12.1. The Labute approximate surface area is 158 Å². The zero-order valence-corrected chi connectivity index (χ0v) is 15.9. The van der Waals surface area contributed by atoms with E-state index in [9.17, 15) is 9.59 Å².